The van der Waals surface area contributed by atoms with Crippen LogP contribution in [0.4, 0.5) is 5.69 Å². The number of fused-ring (bicyclic) bond motifs is 1. The van der Waals surface area contributed by atoms with Gasteiger partial charge in [0.15, 0.2) is 0 Å². The van der Waals surface area contributed by atoms with Gasteiger partial charge >= 0.3 is 0 Å². The number of piperazine rings is 1. The lowest BCUT2D eigenvalue weighted by molar-refractivity contribution is -0.117. The summed E-state index contributed by atoms with van der Waals surface area (Å²) in [6, 6.07) is 15.9. The molecule has 166 valence electrons. The quantitative estimate of drug-likeness (QED) is 0.669. The molecule has 4 rings (SSSR count). The Balaban J connectivity index is 1.36. The molecule has 6 nitrogen and oxygen atoms in total. The van der Waals surface area contributed by atoms with E-state index in [-0.39, 0.29) is 11.8 Å². The summed E-state index contributed by atoms with van der Waals surface area (Å²) in [6.07, 6.45) is 0.875. The van der Waals surface area contributed by atoms with Gasteiger partial charge in [0, 0.05) is 37.3 Å². The number of pyridine rings is 1. The first-order valence-corrected chi connectivity index (χ1v) is 11.2. The van der Waals surface area contributed by atoms with Crippen molar-refractivity contribution in [2.24, 2.45) is 0 Å². The lowest BCUT2D eigenvalue weighted by Gasteiger charge is -2.34. The molecule has 1 aliphatic rings. The van der Waals surface area contributed by atoms with E-state index in [0.717, 1.165) is 39.8 Å². The van der Waals surface area contributed by atoms with Crippen molar-refractivity contribution in [1.82, 2.24) is 14.8 Å². The van der Waals surface area contributed by atoms with Crippen molar-refractivity contribution >= 4 is 28.4 Å². The van der Waals surface area contributed by atoms with Crippen LogP contribution >= 0.6 is 0 Å². The molecule has 0 radical (unpaired) electrons. The Hall–Kier alpha value is -3.25. The predicted octanol–water partition coefficient (Wildman–Crippen LogP) is 3.81. The molecule has 32 heavy (non-hydrogen) atoms. The Bertz CT molecular complexity index is 1150. The molecule has 1 N–H and O–H groups in total. The van der Waals surface area contributed by atoms with Gasteiger partial charge in [0.25, 0.3) is 5.91 Å². The second-order valence-electron chi connectivity index (χ2n) is 8.44. The summed E-state index contributed by atoms with van der Waals surface area (Å²) >= 11 is 0. The van der Waals surface area contributed by atoms with Crippen LogP contribution in [0.3, 0.4) is 0 Å². The van der Waals surface area contributed by atoms with Gasteiger partial charge in [-0.3, -0.25) is 19.5 Å². The van der Waals surface area contributed by atoms with E-state index >= 15 is 0 Å². The number of hydrogen-bond donors (Lipinski definition) is 1. The maximum Gasteiger partial charge on any atom is 0.255 e. The molecule has 0 spiro atoms. The molecule has 0 saturated carbocycles. The minimum absolute atomic E-state index is 0.0133. The molecule has 0 bridgehead atoms. The number of para-hydroxylation sites is 1. The first-order chi connectivity index (χ1) is 15.4. The number of aryl methyl sites for hydroxylation is 3. The van der Waals surface area contributed by atoms with Gasteiger partial charge in [-0.15, -0.1) is 0 Å². The first-order valence-electron chi connectivity index (χ1n) is 11.2. The van der Waals surface area contributed by atoms with Gasteiger partial charge in [0.1, 0.15) is 0 Å². The van der Waals surface area contributed by atoms with E-state index in [1.807, 2.05) is 61.2 Å². The van der Waals surface area contributed by atoms with Gasteiger partial charge in [0.05, 0.1) is 23.3 Å². The van der Waals surface area contributed by atoms with Crippen LogP contribution in [0.25, 0.3) is 10.9 Å². The molecule has 1 fully saturated rings. The fourth-order valence-electron chi connectivity index (χ4n) is 4.23. The molecule has 6 heteroatoms. The second kappa shape index (κ2) is 9.49. The summed E-state index contributed by atoms with van der Waals surface area (Å²) < 4.78 is 0. The van der Waals surface area contributed by atoms with Gasteiger partial charge in [0.2, 0.25) is 5.91 Å². The predicted molar refractivity (Wildman–Crippen MR) is 128 cm³/mol. The zero-order chi connectivity index (χ0) is 22.7. The standard InChI is InChI=1S/C26H30N4O2/c1-4-20-7-5-6-8-23(20)28-25(31)17-29-11-13-30(14-12-29)26(32)22-16-21-15-18(2)9-10-24(21)27-19(22)3/h5-10,15-16H,4,11-14,17H2,1-3H3,(H,28,31). The van der Waals surface area contributed by atoms with Crippen molar-refractivity contribution in [3.8, 4) is 0 Å². The Morgan fingerprint density at radius 2 is 1.75 bits per heavy atom. The van der Waals surface area contributed by atoms with Crippen LogP contribution in [-0.4, -0.2) is 59.3 Å². The number of carbonyl (C=O) groups is 2. The van der Waals surface area contributed by atoms with Crippen molar-refractivity contribution in [3.05, 3.63) is 70.9 Å². The van der Waals surface area contributed by atoms with E-state index in [4.69, 9.17) is 0 Å². The van der Waals surface area contributed by atoms with Gasteiger partial charge in [-0.1, -0.05) is 36.8 Å². The SMILES string of the molecule is CCc1ccccc1NC(=O)CN1CCN(C(=O)c2cc3cc(C)ccc3nc2C)CC1. The van der Waals surface area contributed by atoms with E-state index in [2.05, 4.69) is 28.2 Å². The maximum atomic E-state index is 13.2. The Kier molecular flexibility index (Phi) is 6.51. The lowest BCUT2D eigenvalue weighted by atomic mass is 10.1. The largest absolute Gasteiger partial charge is 0.336 e. The number of carbonyl (C=O) groups excluding carboxylic acids is 2. The monoisotopic (exact) mass is 430 g/mol. The average Bonchev–Trinajstić information content (AvgIpc) is 2.79. The van der Waals surface area contributed by atoms with E-state index in [1.165, 1.54) is 0 Å². The highest BCUT2D eigenvalue weighted by atomic mass is 16.2. The second-order valence-corrected chi connectivity index (χ2v) is 8.44. The van der Waals surface area contributed by atoms with Crippen LogP contribution < -0.4 is 5.32 Å². The summed E-state index contributed by atoms with van der Waals surface area (Å²) in [5.74, 6) is -0.00463. The lowest BCUT2D eigenvalue weighted by Crippen LogP contribution is -2.50. The number of amides is 2. The third-order valence-electron chi connectivity index (χ3n) is 6.09. The third kappa shape index (κ3) is 4.81. The molecule has 0 unspecified atom stereocenters. The van der Waals surface area contributed by atoms with Crippen LogP contribution in [0.2, 0.25) is 0 Å². The summed E-state index contributed by atoms with van der Waals surface area (Å²) in [5.41, 5.74) is 5.47. The van der Waals surface area contributed by atoms with Crippen molar-refractivity contribution in [3.63, 3.8) is 0 Å². The smallest absolute Gasteiger partial charge is 0.255 e. The highest BCUT2D eigenvalue weighted by Crippen LogP contribution is 2.20. The summed E-state index contributed by atoms with van der Waals surface area (Å²) in [4.78, 5) is 34.3. The molecular weight excluding hydrogens is 400 g/mol. The van der Waals surface area contributed by atoms with Crippen LogP contribution in [0.5, 0.6) is 0 Å². The van der Waals surface area contributed by atoms with Crippen molar-refractivity contribution in [2.75, 3.05) is 38.0 Å². The van der Waals surface area contributed by atoms with Crippen molar-refractivity contribution < 1.29 is 9.59 Å². The number of anilines is 1. The van der Waals surface area contributed by atoms with Gasteiger partial charge in [-0.05, 0) is 50.1 Å². The van der Waals surface area contributed by atoms with E-state index in [0.29, 0.717) is 38.3 Å². The van der Waals surface area contributed by atoms with Crippen molar-refractivity contribution in [2.45, 2.75) is 27.2 Å². The van der Waals surface area contributed by atoms with Crippen molar-refractivity contribution in [1.29, 1.82) is 0 Å². The highest BCUT2D eigenvalue weighted by molar-refractivity contribution is 5.99. The molecule has 3 aromatic rings. The fraction of sp³-hybridized carbons (Fsp3) is 0.346. The molecule has 1 saturated heterocycles. The molecule has 1 aromatic heterocycles. The zero-order valence-corrected chi connectivity index (χ0v) is 19.0. The number of nitrogens with zero attached hydrogens (tertiary/aromatic N) is 3. The number of rotatable bonds is 5. The highest BCUT2D eigenvalue weighted by Gasteiger charge is 2.25. The van der Waals surface area contributed by atoms with Crippen LogP contribution in [0.15, 0.2) is 48.5 Å². The first kappa shape index (κ1) is 22.0. The molecule has 2 amide bonds. The number of nitrogens with one attached hydrogen (secondary N) is 1. The minimum atomic E-state index is -0.0179. The van der Waals surface area contributed by atoms with Gasteiger partial charge < -0.3 is 10.2 Å². The van der Waals surface area contributed by atoms with E-state index in [1.54, 1.807) is 0 Å². The average molecular weight is 431 g/mol. The normalized spacial score (nSPS) is 14.5. The Morgan fingerprint density at radius 1 is 1.00 bits per heavy atom. The Morgan fingerprint density at radius 3 is 2.50 bits per heavy atom. The number of hydrogen-bond acceptors (Lipinski definition) is 4. The topological polar surface area (TPSA) is 65.5 Å². The summed E-state index contributed by atoms with van der Waals surface area (Å²) in [7, 11) is 0. The molecule has 2 aromatic carbocycles. The van der Waals surface area contributed by atoms with E-state index in [9.17, 15) is 9.59 Å². The van der Waals surface area contributed by atoms with Gasteiger partial charge in [-0.2, -0.15) is 0 Å². The molecular formula is C26H30N4O2. The van der Waals surface area contributed by atoms with Crippen LogP contribution in [-0.2, 0) is 11.2 Å². The summed E-state index contributed by atoms with van der Waals surface area (Å²) in [6.45, 7) is 8.89. The molecule has 0 atom stereocenters. The number of benzene rings is 2. The molecule has 2 heterocycles. The summed E-state index contributed by atoms with van der Waals surface area (Å²) in [5, 5.41) is 4.02. The van der Waals surface area contributed by atoms with Gasteiger partial charge in [-0.25, -0.2) is 0 Å². The van der Waals surface area contributed by atoms with E-state index < -0.39 is 0 Å². The number of aromatic nitrogens is 1. The minimum Gasteiger partial charge on any atom is -0.336 e. The zero-order valence-electron chi connectivity index (χ0n) is 19.0. The van der Waals surface area contributed by atoms with Crippen LogP contribution in [0, 0.1) is 13.8 Å². The van der Waals surface area contributed by atoms with Crippen LogP contribution in [0.1, 0.15) is 34.1 Å². The Labute approximate surface area is 189 Å². The third-order valence-corrected chi connectivity index (χ3v) is 6.09. The molecule has 1 aliphatic heterocycles. The maximum absolute atomic E-state index is 13.2. The molecule has 0 aliphatic carbocycles. The fourth-order valence-corrected chi connectivity index (χ4v) is 4.23.